The molecule has 9 heteroatoms. The van der Waals surface area contributed by atoms with Gasteiger partial charge in [-0.2, -0.15) is 0 Å². The Morgan fingerprint density at radius 3 is 2.07 bits per heavy atom. The highest BCUT2D eigenvalue weighted by Gasteiger charge is 2.43. The summed E-state index contributed by atoms with van der Waals surface area (Å²) in [4.78, 5) is 59.8. The van der Waals surface area contributed by atoms with Crippen LogP contribution in [0.1, 0.15) is 19.4 Å². The number of aryl methyl sites for hydroxylation is 1. The summed E-state index contributed by atoms with van der Waals surface area (Å²) in [5.74, 6) is -1.71. The predicted octanol–water partition coefficient (Wildman–Crippen LogP) is 5.64. The molecule has 0 aromatic heterocycles. The summed E-state index contributed by atoms with van der Waals surface area (Å²) in [7, 11) is 0. The number of benzene rings is 4. The molecule has 0 radical (unpaired) electrons. The van der Waals surface area contributed by atoms with Crippen LogP contribution in [0.3, 0.4) is 0 Å². The van der Waals surface area contributed by atoms with Crippen LogP contribution in [0.4, 0.5) is 33.2 Å². The monoisotopic (exact) mass is 575 g/mol. The fourth-order valence-corrected chi connectivity index (χ4v) is 5.19. The average Bonchev–Trinajstić information content (AvgIpc) is 3.07. The van der Waals surface area contributed by atoms with Crippen LogP contribution < -0.4 is 25.3 Å². The van der Waals surface area contributed by atoms with Gasteiger partial charge in [-0.1, -0.05) is 60.7 Å². The van der Waals surface area contributed by atoms with Crippen molar-refractivity contribution in [1.82, 2.24) is 5.32 Å². The quantitative estimate of drug-likeness (QED) is 0.279. The van der Waals surface area contributed by atoms with Crippen molar-refractivity contribution in [3.05, 3.63) is 115 Å². The van der Waals surface area contributed by atoms with Gasteiger partial charge in [0, 0.05) is 23.1 Å². The second-order valence-corrected chi connectivity index (χ2v) is 10.5. The van der Waals surface area contributed by atoms with E-state index in [2.05, 4.69) is 10.6 Å². The molecule has 0 saturated heterocycles. The molecule has 2 N–H and O–H groups in total. The number of fused-ring (bicyclic) bond motifs is 1. The van der Waals surface area contributed by atoms with E-state index in [1.807, 2.05) is 63.2 Å². The lowest BCUT2D eigenvalue weighted by molar-refractivity contribution is -0.129. The van der Waals surface area contributed by atoms with Crippen LogP contribution in [0, 0.1) is 6.92 Å². The molecular weight excluding hydrogens is 542 g/mol. The minimum atomic E-state index is -1.62. The number of rotatable bonds is 7. The molecule has 0 aliphatic carbocycles. The van der Waals surface area contributed by atoms with Gasteiger partial charge in [-0.25, -0.2) is 4.79 Å². The van der Waals surface area contributed by atoms with Crippen LogP contribution in [-0.4, -0.2) is 42.4 Å². The smallest absolute Gasteiger partial charge is 0.318 e. The first-order chi connectivity index (χ1) is 20.7. The fourth-order valence-electron chi connectivity index (χ4n) is 5.19. The molecule has 1 aliphatic heterocycles. The molecule has 9 nitrogen and oxygen atoms in total. The summed E-state index contributed by atoms with van der Waals surface area (Å²) in [5.41, 5.74) is 3.43. The van der Waals surface area contributed by atoms with Crippen molar-refractivity contribution in [3.8, 4) is 0 Å². The second kappa shape index (κ2) is 12.6. The van der Waals surface area contributed by atoms with Crippen molar-refractivity contribution >= 4 is 52.2 Å². The van der Waals surface area contributed by atoms with Gasteiger partial charge in [0.2, 0.25) is 5.91 Å². The lowest BCUT2D eigenvalue weighted by atomic mass is 10.2. The maximum atomic E-state index is 14.3. The summed E-state index contributed by atoms with van der Waals surface area (Å²) in [6.45, 7) is 5.32. The van der Waals surface area contributed by atoms with Crippen LogP contribution in [0.2, 0.25) is 0 Å². The Bertz CT molecular complexity index is 1640. The molecular formula is C34H33N5O4. The lowest BCUT2D eigenvalue weighted by Gasteiger charge is -2.31. The van der Waals surface area contributed by atoms with Crippen molar-refractivity contribution in [2.75, 3.05) is 26.6 Å². The van der Waals surface area contributed by atoms with Crippen LogP contribution in [0.5, 0.6) is 0 Å². The number of hydrogen-bond donors (Lipinski definition) is 2. The third kappa shape index (κ3) is 6.25. The maximum Gasteiger partial charge on any atom is 0.320 e. The van der Waals surface area contributed by atoms with Crippen molar-refractivity contribution in [3.63, 3.8) is 0 Å². The summed E-state index contributed by atoms with van der Waals surface area (Å²) >= 11 is 0. The zero-order valence-corrected chi connectivity index (χ0v) is 24.2. The van der Waals surface area contributed by atoms with E-state index < -0.39 is 23.9 Å². The van der Waals surface area contributed by atoms with Crippen LogP contribution >= 0.6 is 0 Å². The topological polar surface area (TPSA) is 102 Å². The van der Waals surface area contributed by atoms with E-state index in [1.54, 1.807) is 71.6 Å². The molecule has 0 fully saturated rings. The molecule has 43 heavy (non-hydrogen) atoms. The van der Waals surface area contributed by atoms with Gasteiger partial charge in [0.15, 0.2) is 6.04 Å². The third-order valence-corrected chi connectivity index (χ3v) is 7.07. The van der Waals surface area contributed by atoms with E-state index in [0.717, 1.165) is 5.56 Å². The summed E-state index contributed by atoms with van der Waals surface area (Å²) < 4.78 is 0. The van der Waals surface area contributed by atoms with Gasteiger partial charge < -0.3 is 15.5 Å². The molecule has 5 rings (SSSR count). The number of nitrogens with one attached hydrogen (secondary N) is 2. The highest BCUT2D eigenvalue weighted by molar-refractivity contribution is 6.25. The summed E-state index contributed by atoms with van der Waals surface area (Å²) in [5, 5.41) is 5.30. The van der Waals surface area contributed by atoms with E-state index in [0.29, 0.717) is 28.4 Å². The Balaban J connectivity index is 1.55. The molecule has 0 saturated carbocycles. The van der Waals surface area contributed by atoms with Crippen molar-refractivity contribution in [2.24, 2.45) is 0 Å². The van der Waals surface area contributed by atoms with Gasteiger partial charge in [-0.05, 0) is 74.9 Å². The Labute approximate surface area is 250 Å². The zero-order valence-electron chi connectivity index (χ0n) is 24.2. The normalized spacial score (nSPS) is 14.7. The molecule has 4 aromatic rings. The van der Waals surface area contributed by atoms with Gasteiger partial charge >= 0.3 is 6.03 Å². The van der Waals surface area contributed by atoms with E-state index >= 15 is 0 Å². The van der Waals surface area contributed by atoms with Gasteiger partial charge in [0.1, 0.15) is 6.54 Å². The number of carbonyl (C=O) groups excluding carboxylic acids is 4. The number of para-hydroxylation sites is 4. The van der Waals surface area contributed by atoms with Crippen LogP contribution in [-0.2, 0) is 14.4 Å². The second-order valence-electron chi connectivity index (χ2n) is 10.5. The highest BCUT2D eigenvalue weighted by Crippen LogP contribution is 2.38. The summed E-state index contributed by atoms with van der Waals surface area (Å²) in [6, 6.07) is 29.6. The van der Waals surface area contributed by atoms with Crippen molar-refractivity contribution < 1.29 is 19.2 Å². The first-order valence-corrected chi connectivity index (χ1v) is 14.1. The first kappa shape index (κ1) is 29.1. The first-order valence-electron chi connectivity index (χ1n) is 14.1. The van der Waals surface area contributed by atoms with E-state index in [4.69, 9.17) is 0 Å². The molecule has 0 spiro atoms. The minimum Gasteiger partial charge on any atom is -0.318 e. The SMILES string of the molecule is Cc1cccc(NC(=O)NC2C(=O)N(CC(=O)N(c3ccccc3)C(C)C)c3ccccc3N(c3ccccc3)C2=O)c1. The largest absolute Gasteiger partial charge is 0.320 e. The zero-order chi connectivity index (χ0) is 30.5. The number of carbonyl (C=O) groups is 4. The summed E-state index contributed by atoms with van der Waals surface area (Å²) in [6.07, 6.45) is 0. The average molecular weight is 576 g/mol. The molecule has 1 heterocycles. The van der Waals surface area contributed by atoms with E-state index in [-0.39, 0.29) is 18.5 Å². The predicted molar refractivity (Wildman–Crippen MR) is 169 cm³/mol. The lowest BCUT2D eigenvalue weighted by Crippen LogP contribution is -2.57. The number of amides is 5. The van der Waals surface area contributed by atoms with Crippen LogP contribution in [0.25, 0.3) is 0 Å². The number of urea groups is 1. The Morgan fingerprint density at radius 2 is 1.42 bits per heavy atom. The molecule has 218 valence electrons. The molecule has 1 atom stereocenters. The van der Waals surface area contributed by atoms with Crippen molar-refractivity contribution in [1.29, 1.82) is 0 Å². The van der Waals surface area contributed by atoms with Gasteiger partial charge in [0.25, 0.3) is 11.8 Å². The fraction of sp³-hybridized carbons (Fsp3) is 0.176. The van der Waals surface area contributed by atoms with E-state index in [1.165, 1.54) is 9.80 Å². The number of anilines is 5. The Kier molecular flexibility index (Phi) is 8.52. The Morgan fingerprint density at radius 1 is 0.791 bits per heavy atom. The minimum absolute atomic E-state index is 0.205. The number of hydrogen-bond acceptors (Lipinski definition) is 4. The van der Waals surface area contributed by atoms with Gasteiger partial charge in [0.05, 0.1) is 11.4 Å². The maximum absolute atomic E-state index is 14.3. The van der Waals surface area contributed by atoms with Crippen molar-refractivity contribution in [2.45, 2.75) is 32.9 Å². The molecule has 4 aromatic carbocycles. The molecule has 1 unspecified atom stereocenters. The molecule has 5 amide bonds. The number of nitrogens with zero attached hydrogens (tertiary/aromatic N) is 3. The van der Waals surface area contributed by atoms with Crippen LogP contribution in [0.15, 0.2) is 109 Å². The standard InChI is InChI=1S/C34H33N5O4/c1-23(2)38(26-15-6-4-7-16-26)30(40)22-37-28-19-10-11-20-29(28)39(27-17-8-5-9-18-27)33(42)31(32(37)41)36-34(43)35-25-14-12-13-24(3)21-25/h4-21,23,31H,22H2,1-3H3,(H2,35,36,43). The van der Waals surface area contributed by atoms with Gasteiger partial charge in [-0.3, -0.25) is 24.2 Å². The van der Waals surface area contributed by atoms with Gasteiger partial charge in [-0.15, -0.1) is 0 Å². The molecule has 0 bridgehead atoms. The molecule has 1 aliphatic rings. The highest BCUT2D eigenvalue weighted by atomic mass is 16.2. The Hall–Kier alpha value is -5.44. The van der Waals surface area contributed by atoms with E-state index in [9.17, 15) is 19.2 Å². The third-order valence-electron chi connectivity index (χ3n) is 7.07.